The van der Waals surface area contributed by atoms with E-state index in [1.807, 2.05) is 19.2 Å². The SMILES string of the molecule is COc1c(C)c(C)c(Br)c(C)c1-c1csc(C#N)n1. The van der Waals surface area contributed by atoms with E-state index in [0.717, 1.165) is 38.2 Å². The number of thiazole rings is 1. The van der Waals surface area contributed by atoms with Gasteiger partial charge >= 0.3 is 0 Å². The Balaban J connectivity index is 2.79. The summed E-state index contributed by atoms with van der Waals surface area (Å²) in [5.41, 5.74) is 5.07. The second-order valence-electron chi connectivity index (χ2n) is 4.25. The molecule has 0 aliphatic carbocycles. The summed E-state index contributed by atoms with van der Waals surface area (Å²) < 4.78 is 6.61. The fourth-order valence-corrected chi connectivity index (χ4v) is 3.18. The minimum absolute atomic E-state index is 0.464. The molecule has 0 fully saturated rings. The van der Waals surface area contributed by atoms with E-state index >= 15 is 0 Å². The molecule has 2 aromatic rings. The molecule has 0 unspecified atom stereocenters. The first-order chi connectivity index (χ1) is 9.01. The zero-order chi connectivity index (χ0) is 14.2. The van der Waals surface area contributed by atoms with Gasteiger partial charge in [-0.3, -0.25) is 0 Å². The number of hydrogen-bond donors (Lipinski definition) is 0. The van der Waals surface area contributed by atoms with Crippen LogP contribution >= 0.6 is 27.3 Å². The van der Waals surface area contributed by atoms with Crippen molar-refractivity contribution in [2.24, 2.45) is 0 Å². The highest BCUT2D eigenvalue weighted by Gasteiger charge is 2.20. The topological polar surface area (TPSA) is 45.9 Å². The molecule has 0 spiro atoms. The van der Waals surface area contributed by atoms with Crippen molar-refractivity contribution in [2.45, 2.75) is 20.8 Å². The van der Waals surface area contributed by atoms with Gasteiger partial charge in [-0.15, -0.1) is 11.3 Å². The molecule has 0 saturated carbocycles. The first-order valence-electron chi connectivity index (χ1n) is 5.70. The minimum atomic E-state index is 0.464. The van der Waals surface area contributed by atoms with Crippen LogP contribution in [0.2, 0.25) is 0 Å². The van der Waals surface area contributed by atoms with Crippen LogP contribution in [0, 0.1) is 32.1 Å². The lowest BCUT2D eigenvalue weighted by Gasteiger charge is -2.17. The van der Waals surface area contributed by atoms with E-state index < -0.39 is 0 Å². The van der Waals surface area contributed by atoms with Crippen LogP contribution < -0.4 is 4.74 Å². The molecule has 0 amide bonds. The number of aromatic nitrogens is 1. The molecule has 3 nitrogen and oxygen atoms in total. The summed E-state index contributed by atoms with van der Waals surface area (Å²) in [7, 11) is 1.66. The molecular weight excluding hydrogens is 324 g/mol. The van der Waals surface area contributed by atoms with Crippen molar-refractivity contribution in [1.29, 1.82) is 5.26 Å². The van der Waals surface area contributed by atoms with Crippen molar-refractivity contribution in [3.8, 4) is 23.1 Å². The molecule has 0 N–H and O–H groups in total. The Hall–Kier alpha value is -1.38. The summed E-state index contributed by atoms with van der Waals surface area (Å²) in [5.74, 6) is 0.827. The highest BCUT2D eigenvalue weighted by molar-refractivity contribution is 9.10. The molecule has 0 aliphatic heterocycles. The summed E-state index contributed by atoms with van der Waals surface area (Å²) >= 11 is 4.97. The van der Waals surface area contributed by atoms with Gasteiger partial charge in [-0.05, 0) is 37.5 Å². The molecule has 0 bridgehead atoms. The third-order valence-electron chi connectivity index (χ3n) is 3.22. The zero-order valence-electron chi connectivity index (χ0n) is 11.2. The Morgan fingerprint density at radius 2 is 1.95 bits per heavy atom. The van der Waals surface area contributed by atoms with Gasteiger partial charge in [0.2, 0.25) is 0 Å². The maximum absolute atomic E-state index is 8.90. The smallest absolute Gasteiger partial charge is 0.194 e. The van der Waals surface area contributed by atoms with Gasteiger partial charge in [-0.2, -0.15) is 5.26 Å². The molecule has 19 heavy (non-hydrogen) atoms. The lowest BCUT2D eigenvalue weighted by Crippen LogP contribution is -1.99. The number of hydrogen-bond acceptors (Lipinski definition) is 4. The zero-order valence-corrected chi connectivity index (χ0v) is 13.6. The number of benzene rings is 1. The summed E-state index contributed by atoms with van der Waals surface area (Å²) in [6.45, 7) is 6.11. The summed E-state index contributed by atoms with van der Waals surface area (Å²) in [5, 5.41) is 11.3. The molecule has 0 saturated heterocycles. The largest absolute Gasteiger partial charge is 0.496 e. The van der Waals surface area contributed by atoms with E-state index in [2.05, 4.69) is 33.9 Å². The van der Waals surface area contributed by atoms with Gasteiger partial charge in [-0.1, -0.05) is 15.9 Å². The molecule has 0 aliphatic rings. The molecule has 1 aromatic carbocycles. The number of nitriles is 1. The Kier molecular flexibility index (Phi) is 3.93. The summed E-state index contributed by atoms with van der Waals surface area (Å²) in [6.07, 6.45) is 0. The van der Waals surface area contributed by atoms with Crippen LogP contribution in [0.5, 0.6) is 5.75 Å². The van der Waals surface area contributed by atoms with Crippen LogP contribution in [0.15, 0.2) is 9.85 Å². The van der Waals surface area contributed by atoms with Gasteiger partial charge in [0, 0.05) is 15.4 Å². The Morgan fingerprint density at radius 3 is 2.47 bits per heavy atom. The predicted molar refractivity (Wildman–Crippen MR) is 80.7 cm³/mol. The standard InChI is InChI=1S/C14H13BrN2OS/c1-7-8(2)14(18-4)12(9(3)13(7)15)10-6-19-11(5-16)17-10/h6H,1-4H3. The average Bonchev–Trinajstić information content (AvgIpc) is 2.88. The molecule has 5 heteroatoms. The number of methoxy groups -OCH3 is 1. The van der Waals surface area contributed by atoms with Crippen molar-refractivity contribution in [3.05, 3.63) is 31.6 Å². The Labute approximate surface area is 125 Å². The summed E-state index contributed by atoms with van der Waals surface area (Å²) in [6, 6.07) is 2.07. The van der Waals surface area contributed by atoms with Gasteiger partial charge in [-0.25, -0.2) is 4.98 Å². The van der Waals surface area contributed by atoms with Crippen LogP contribution in [0.4, 0.5) is 0 Å². The van der Waals surface area contributed by atoms with E-state index in [1.165, 1.54) is 11.3 Å². The number of halogens is 1. The van der Waals surface area contributed by atoms with E-state index in [-0.39, 0.29) is 0 Å². The Bertz CT molecular complexity index is 686. The first-order valence-corrected chi connectivity index (χ1v) is 7.37. The van der Waals surface area contributed by atoms with E-state index in [0.29, 0.717) is 5.01 Å². The highest BCUT2D eigenvalue weighted by Crippen LogP contribution is 2.42. The third-order valence-corrected chi connectivity index (χ3v) is 5.16. The second-order valence-corrected chi connectivity index (χ2v) is 5.90. The first kappa shape index (κ1) is 14.0. The van der Waals surface area contributed by atoms with Crippen molar-refractivity contribution in [2.75, 3.05) is 7.11 Å². The molecule has 0 radical (unpaired) electrons. The lowest BCUT2D eigenvalue weighted by molar-refractivity contribution is 0.412. The van der Waals surface area contributed by atoms with Crippen LogP contribution in [0.1, 0.15) is 21.7 Å². The predicted octanol–water partition coefficient (Wildman–Crippen LogP) is 4.38. The van der Waals surface area contributed by atoms with Gasteiger partial charge in [0.25, 0.3) is 0 Å². The van der Waals surface area contributed by atoms with E-state index in [1.54, 1.807) is 7.11 Å². The maximum Gasteiger partial charge on any atom is 0.194 e. The van der Waals surface area contributed by atoms with Crippen molar-refractivity contribution >= 4 is 27.3 Å². The van der Waals surface area contributed by atoms with Crippen molar-refractivity contribution < 1.29 is 4.74 Å². The van der Waals surface area contributed by atoms with Crippen molar-refractivity contribution in [3.63, 3.8) is 0 Å². The highest BCUT2D eigenvalue weighted by atomic mass is 79.9. The second kappa shape index (κ2) is 5.32. The van der Waals surface area contributed by atoms with Crippen LogP contribution in [0.25, 0.3) is 11.3 Å². The average molecular weight is 337 g/mol. The van der Waals surface area contributed by atoms with Gasteiger partial charge < -0.3 is 4.74 Å². The lowest BCUT2D eigenvalue weighted by atomic mass is 9.97. The quantitative estimate of drug-likeness (QED) is 0.817. The van der Waals surface area contributed by atoms with Gasteiger partial charge in [0.1, 0.15) is 11.8 Å². The molecule has 1 aromatic heterocycles. The maximum atomic E-state index is 8.90. The molecule has 98 valence electrons. The molecule has 0 atom stereocenters. The van der Waals surface area contributed by atoms with Crippen LogP contribution in [0.3, 0.4) is 0 Å². The Morgan fingerprint density at radius 1 is 1.26 bits per heavy atom. The van der Waals surface area contributed by atoms with E-state index in [9.17, 15) is 0 Å². The monoisotopic (exact) mass is 336 g/mol. The van der Waals surface area contributed by atoms with Gasteiger partial charge in [0.05, 0.1) is 12.8 Å². The number of ether oxygens (including phenoxy) is 1. The van der Waals surface area contributed by atoms with E-state index in [4.69, 9.17) is 10.00 Å². The molecular formula is C14H13BrN2OS. The van der Waals surface area contributed by atoms with Crippen molar-refractivity contribution in [1.82, 2.24) is 4.98 Å². The molecule has 1 heterocycles. The minimum Gasteiger partial charge on any atom is -0.496 e. The molecule has 2 rings (SSSR count). The van der Waals surface area contributed by atoms with Crippen LogP contribution in [-0.2, 0) is 0 Å². The number of nitrogens with zero attached hydrogens (tertiary/aromatic N) is 2. The van der Waals surface area contributed by atoms with Crippen LogP contribution in [-0.4, -0.2) is 12.1 Å². The summed E-state index contributed by atoms with van der Waals surface area (Å²) in [4.78, 5) is 4.34. The number of rotatable bonds is 2. The third kappa shape index (κ3) is 2.26. The normalized spacial score (nSPS) is 10.3. The fourth-order valence-electron chi connectivity index (χ4n) is 2.09. The van der Waals surface area contributed by atoms with Gasteiger partial charge in [0.15, 0.2) is 5.01 Å². The fraction of sp³-hybridized carbons (Fsp3) is 0.286.